The summed E-state index contributed by atoms with van der Waals surface area (Å²) in [6, 6.07) is 11.4. The van der Waals surface area contributed by atoms with Gasteiger partial charge < -0.3 is 25.0 Å². The normalized spacial score (nSPS) is 12.6. The summed E-state index contributed by atoms with van der Waals surface area (Å²) in [4.78, 5) is 19.0. The van der Waals surface area contributed by atoms with Crippen LogP contribution in [0.1, 0.15) is 44.8 Å². The van der Waals surface area contributed by atoms with E-state index < -0.39 is 24.6 Å². The van der Waals surface area contributed by atoms with E-state index in [1.165, 1.54) is 12.1 Å². The van der Waals surface area contributed by atoms with Crippen molar-refractivity contribution in [3.63, 3.8) is 0 Å². The predicted molar refractivity (Wildman–Crippen MR) is 124 cm³/mol. The zero-order valence-electron chi connectivity index (χ0n) is 20.1. The molecule has 2 atom stereocenters. The summed E-state index contributed by atoms with van der Waals surface area (Å²) in [5, 5.41) is 31.0. The molecule has 0 fully saturated rings. The molecule has 1 aromatic carbocycles. The van der Waals surface area contributed by atoms with E-state index in [1.54, 1.807) is 24.4 Å². The van der Waals surface area contributed by atoms with Crippen molar-refractivity contribution in [1.29, 1.82) is 0 Å². The zero-order valence-corrected chi connectivity index (χ0v) is 22.1. The van der Waals surface area contributed by atoms with Crippen LogP contribution in [0, 0.1) is 12.4 Å². The molecule has 2 heterocycles. The minimum atomic E-state index is -1.38. The number of aliphatic hydroxyl groups is 2. The molecule has 0 unspecified atom stereocenters. The number of benzene rings is 1. The van der Waals surface area contributed by atoms with Gasteiger partial charge in [0.1, 0.15) is 5.82 Å². The van der Waals surface area contributed by atoms with E-state index in [0.717, 1.165) is 11.3 Å². The number of carbonyl (C=O) groups excluding carboxylic acids is 1. The van der Waals surface area contributed by atoms with Crippen molar-refractivity contribution in [2.24, 2.45) is 0 Å². The topological polar surface area (TPSA) is 103 Å². The van der Waals surface area contributed by atoms with E-state index in [1.807, 2.05) is 30.5 Å². The number of rotatable bonds is 10. The first-order valence-electron chi connectivity index (χ1n) is 11.1. The largest absolute Gasteiger partial charge is 1.00 e. The fourth-order valence-corrected chi connectivity index (χ4v) is 4.23. The standard InChI is InChI=1S/C26H28FN3O4.Na/c1-16(2)30-22(12-11-19(31)14-20(32)15-23(33)34)24(17-7-9-18(27)10-8-17)25(26(30)28-3)21-6-4-5-13-29-21;/h4-10,13,16,19-20,31-32H,11-12,14-15H2,1-2H3,(H,33,34);/q;+1/p-1/t19-,20-;/m1./s1. The van der Waals surface area contributed by atoms with Gasteiger partial charge in [-0.2, -0.15) is 0 Å². The van der Waals surface area contributed by atoms with Gasteiger partial charge in [-0.3, -0.25) is 9.55 Å². The number of aliphatic hydroxyl groups excluding tert-OH is 2. The molecular formula is C26H27FN3NaO4. The Morgan fingerprint density at radius 2 is 1.83 bits per heavy atom. The number of carbonyl (C=O) groups is 1. The fraction of sp³-hybridized carbons (Fsp3) is 0.346. The minimum Gasteiger partial charge on any atom is -0.550 e. The maximum atomic E-state index is 13.7. The van der Waals surface area contributed by atoms with Gasteiger partial charge in [-0.1, -0.05) is 24.8 Å². The Hall–Kier alpha value is -2.54. The molecule has 0 saturated carbocycles. The Bertz CT molecular complexity index is 1170. The molecule has 178 valence electrons. The summed E-state index contributed by atoms with van der Waals surface area (Å²) >= 11 is 0. The summed E-state index contributed by atoms with van der Waals surface area (Å²) in [6.07, 6.45) is -0.603. The Kier molecular flexibility index (Phi) is 10.6. The first-order valence-corrected chi connectivity index (χ1v) is 11.1. The summed E-state index contributed by atoms with van der Waals surface area (Å²) < 4.78 is 15.6. The van der Waals surface area contributed by atoms with Crippen LogP contribution in [0.3, 0.4) is 0 Å². The molecule has 0 saturated heterocycles. The average Bonchev–Trinajstić information content (AvgIpc) is 3.12. The van der Waals surface area contributed by atoms with Crippen LogP contribution in [0.15, 0.2) is 48.7 Å². The van der Waals surface area contributed by atoms with E-state index in [2.05, 4.69) is 9.83 Å². The number of hydrogen-bond donors (Lipinski definition) is 2. The van der Waals surface area contributed by atoms with Crippen molar-refractivity contribution in [1.82, 2.24) is 9.55 Å². The van der Waals surface area contributed by atoms with Gasteiger partial charge in [0.2, 0.25) is 5.82 Å². The quantitative estimate of drug-likeness (QED) is 0.323. The predicted octanol–water partition coefficient (Wildman–Crippen LogP) is 0.676. The molecule has 0 amide bonds. The van der Waals surface area contributed by atoms with Crippen LogP contribution >= 0.6 is 0 Å². The minimum absolute atomic E-state index is 0. The third-order valence-corrected chi connectivity index (χ3v) is 5.62. The Morgan fingerprint density at radius 1 is 1.14 bits per heavy atom. The number of carboxylic acids is 1. The van der Waals surface area contributed by atoms with E-state index in [-0.39, 0.29) is 54.3 Å². The van der Waals surface area contributed by atoms with Crippen LogP contribution in [0.5, 0.6) is 0 Å². The molecule has 0 bridgehead atoms. The Morgan fingerprint density at radius 3 is 2.37 bits per heavy atom. The van der Waals surface area contributed by atoms with Crippen molar-refractivity contribution in [2.45, 2.75) is 57.8 Å². The second-order valence-electron chi connectivity index (χ2n) is 8.48. The van der Waals surface area contributed by atoms with Gasteiger partial charge in [0.15, 0.2) is 0 Å². The van der Waals surface area contributed by atoms with Crippen LogP contribution in [0.4, 0.5) is 10.2 Å². The van der Waals surface area contributed by atoms with Crippen LogP contribution < -0.4 is 34.7 Å². The molecule has 0 radical (unpaired) electrons. The van der Waals surface area contributed by atoms with Crippen LogP contribution in [0.25, 0.3) is 27.2 Å². The molecule has 3 rings (SSSR count). The average molecular weight is 488 g/mol. The van der Waals surface area contributed by atoms with Gasteiger partial charge in [-0.15, -0.1) is 0 Å². The number of halogens is 1. The first-order chi connectivity index (χ1) is 16.2. The second kappa shape index (κ2) is 13.0. The second-order valence-corrected chi connectivity index (χ2v) is 8.48. The maximum absolute atomic E-state index is 13.7. The third kappa shape index (κ3) is 7.00. The SMILES string of the molecule is [C-]#[N+]c1c(-c2ccccn2)c(-c2ccc(F)cc2)c(CC[C@@H](O)C[C@@H](O)CC(=O)[O-])n1C(C)C.[Na+]. The first kappa shape index (κ1) is 28.7. The molecule has 7 nitrogen and oxygen atoms in total. The number of carboxylic acid groups (broad SMARTS) is 1. The summed E-state index contributed by atoms with van der Waals surface area (Å²) in [5.74, 6) is -1.36. The number of aliphatic carboxylic acids is 1. The van der Waals surface area contributed by atoms with Crippen LogP contribution in [0.2, 0.25) is 0 Å². The monoisotopic (exact) mass is 487 g/mol. The molecule has 2 N–H and O–H groups in total. The molecular weight excluding hydrogens is 460 g/mol. The third-order valence-electron chi connectivity index (χ3n) is 5.62. The Labute approximate surface area is 226 Å². The van der Waals surface area contributed by atoms with E-state index >= 15 is 0 Å². The van der Waals surface area contributed by atoms with E-state index in [0.29, 0.717) is 29.1 Å². The molecule has 2 aromatic heterocycles. The summed E-state index contributed by atoms with van der Waals surface area (Å²) in [5.41, 5.74) is 3.48. The van der Waals surface area contributed by atoms with Gasteiger partial charge >= 0.3 is 29.6 Å². The van der Waals surface area contributed by atoms with Gasteiger partial charge in [0, 0.05) is 36.1 Å². The van der Waals surface area contributed by atoms with Gasteiger partial charge in [0.05, 0.1) is 29.6 Å². The molecule has 3 aromatic rings. The Balaban J connectivity index is 0.00000432. The van der Waals surface area contributed by atoms with Crippen molar-refractivity contribution >= 4 is 11.8 Å². The van der Waals surface area contributed by atoms with Gasteiger partial charge in [0.25, 0.3) is 0 Å². The summed E-state index contributed by atoms with van der Waals surface area (Å²) in [7, 11) is 0. The smallest absolute Gasteiger partial charge is 0.550 e. The van der Waals surface area contributed by atoms with E-state index in [9.17, 15) is 24.5 Å². The van der Waals surface area contributed by atoms with Gasteiger partial charge in [-0.25, -0.2) is 4.39 Å². The molecule has 0 aliphatic carbocycles. The van der Waals surface area contributed by atoms with Crippen LogP contribution in [-0.2, 0) is 11.2 Å². The van der Waals surface area contributed by atoms with Crippen LogP contribution in [-0.4, -0.2) is 37.9 Å². The van der Waals surface area contributed by atoms with Crippen molar-refractivity contribution in [3.05, 3.63) is 71.6 Å². The number of pyridine rings is 1. The van der Waals surface area contributed by atoms with Crippen molar-refractivity contribution in [2.75, 3.05) is 0 Å². The molecule has 0 aliphatic rings. The van der Waals surface area contributed by atoms with Gasteiger partial charge in [-0.05, 0) is 56.5 Å². The molecule has 9 heteroatoms. The summed E-state index contributed by atoms with van der Waals surface area (Å²) in [6.45, 7) is 11.8. The van der Waals surface area contributed by atoms with Crippen molar-refractivity contribution < 1.29 is 54.1 Å². The number of aromatic nitrogens is 2. The zero-order chi connectivity index (χ0) is 24.8. The molecule has 0 aliphatic heterocycles. The van der Waals surface area contributed by atoms with Crippen molar-refractivity contribution in [3.8, 4) is 22.4 Å². The molecule has 0 spiro atoms. The van der Waals surface area contributed by atoms with E-state index in [4.69, 9.17) is 6.57 Å². The fourth-order valence-electron chi connectivity index (χ4n) is 4.23. The number of nitrogens with zero attached hydrogens (tertiary/aromatic N) is 3. The molecule has 35 heavy (non-hydrogen) atoms. The maximum Gasteiger partial charge on any atom is 1.00 e. The number of hydrogen-bond acceptors (Lipinski definition) is 5.